The molecule has 0 aliphatic heterocycles. The van der Waals surface area contributed by atoms with E-state index in [9.17, 15) is 22.8 Å². The van der Waals surface area contributed by atoms with Gasteiger partial charge in [-0.25, -0.2) is 4.79 Å². The molecule has 0 bridgehead atoms. The lowest BCUT2D eigenvalue weighted by molar-refractivity contribution is -0.139. The molecule has 0 heterocycles. The quantitative estimate of drug-likeness (QED) is 0.817. The second kappa shape index (κ2) is 6.23. The summed E-state index contributed by atoms with van der Waals surface area (Å²) >= 11 is 0. The summed E-state index contributed by atoms with van der Waals surface area (Å²) < 4.78 is 37.5. The first-order valence-corrected chi connectivity index (χ1v) is 5.57. The zero-order valence-corrected chi connectivity index (χ0v) is 10.3. The lowest BCUT2D eigenvalue weighted by atomic mass is 10.1. The molecule has 0 radical (unpaired) electrons. The molecule has 20 heavy (non-hydrogen) atoms. The number of hydrogen-bond acceptors (Lipinski definition) is 2. The van der Waals surface area contributed by atoms with Crippen molar-refractivity contribution in [2.75, 3.05) is 0 Å². The summed E-state index contributed by atoms with van der Waals surface area (Å²) in [4.78, 5) is 22.6. The number of rotatable bonds is 5. The molecule has 0 aromatic heterocycles. The molecule has 0 aliphatic carbocycles. The van der Waals surface area contributed by atoms with E-state index in [1.807, 2.05) is 0 Å². The first kappa shape index (κ1) is 15.7. The van der Waals surface area contributed by atoms with Crippen LogP contribution in [0.4, 0.5) is 13.2 Å². The number of aliphatic carboxylic acids is 1. The molecule has 0 spiro atoms. The monoisotopic (exact) mass is 287 g/mol. The molecule has 0 saturated carbocycles. The molecule has 0 aliphatic rings. The number of carboxylic acids is 1. The van der Waals surface area contributed by atoms with Crippen LogP contribution < -0.4 is 5.32 Å². The van der Waals surface area contributed by atoms with Gasteiger partial charge in [0, 0.05) is 5.56 Å². The number of nitrogens with one attached hydrogen (secondary N) is 1. The van der Waals surface area contributed by atoms with Gasteiger partial charge in [-0.3, -0.25) is 4.79 Å². The van der Waals surface area contributed by atoms with Gasteiger partial charge in [-0.15, -0.1) is 6.58 Å². The lowest BCUT2D eigenvalue weighted by Crippen LogP contribution is -2.40. The molecule has 108 valence electrons. The molecule has 1 aromatic rings. The van der Waals surface area contributed by atoms with E-state index in [2.05, 4.69) is 11.9 Å². The maximum atomic E-state index is 12.5. The zero-order chi connectivity index (χ0) is 15.3. The predicted molar refractivity (Wildman–Crippen MR) is 65.1 cm³/mol. The first-order chi connectivity index (χ1) is 9.25. The minimum absolute atomic E-state index is 0.0277. The van der Waals surface area contributed by atoms with Gasteiger partial charge < -0.3 is 10.4 Å². The van der Waals surface area contributed by atoms with Crippen molar-refractivity contribution in [1.29, 1.82) is 0 Å². The van der Waals surface area contributed by atoms with Gasteiger partial charge in [0.25, 0.3) is 5.91 Å². The van der Waals surface area contributed by atoms with Crippen LogP contribution in [-0.4, -0.2) is 23.0 Å². The van der Waals surface area contributed by atoms with Crippen molar-refractivity contribution in [3.05, 3.63) is 48.0 Å². The highest BCUT2D eigenvalue weighted by molar-refractivity contribution is 5.96. The molecule has 7 heteroatoms. The molecule has 1 rings (SSSR count). The maximum absolute atomic E-state index is 12.5. The number of hydrogen-bond donors (Lipinski definition) is 2. The van der Waals surface area contributed by atoms with Crippen LogP contribution in [0.5, 0.6) is 0 Å². The number of amides is 1. The molecule has 0 fully saturated rings. The summed E-state index contributed by atoms with van der Waals surface area (Å²) in [5, 5.41) is 11.0. The Morgan fingerprint density at radius 1 is 1.40 bits per heavy atom. The van der Waals surface area contributed by atoms with Crippen LogP contribution in [0.25, 0.3) is 0 Å². The maximum Gasteiger partial charge on any atom is 0.416 e. The van der Waals surface area contributed by atoms with Gasteiger partial charge in [-0.05, 0) is 24.6 Å². The first-order valence-electron chi connectivity index (χ1n) is 5.57. The Balaban J connectivity index is 2.92. The molecular formula is C13H12F3NO3. The van der Waals surface area contributed by atoms with Crippen LogP contribution in [0.3, 0.4) is 0 Å². The summed E-state index contributed by atoms with van der Waals surface area (Å²) in [6, 6.07) is 2.53. The van der Waals surface area contributed by atoms with E-state index in [-0.39, 0.29) is 12.0 Å². The van der Waals surface area contributed by atoms with Crippen molar-refractivity contribution in [1.82, 2.24) is 5.32 Å². The predicted octanol–water partition coefficient (Wildman–Crippen LogP) is 2.46. The number of carbonyl (C=O) groups is 2. The van der Waals surface area contributed by atoms with E-state index in [0.29, 0.717) is 6.07 Å². The Bertz CT molecular complexity index is 526. The van der Waals surface area contributed by atoms with Crippen molar-refractivity contribution >= 4 is 11.9 Å². The molecule has 0 unspecified atom stereocenters. The van der Waals surface area contributed by atoms with E-state index < -0.39 is 29.7 Å². The molecular weight excluding hydrogens is 275 g/mol. The Labute approximate surface area is 112 Å². The van der Waals surface area contributed by atoms with Crippen molar-refractivity contribution in [3.63, 3.8) is 0 Å². The van der Waals surface area contributed by atoms with E-state index in [4.69, 9.17) is 5.11 Å². The van der Waals surface area contributed by atoms with Crippen LogP contribution >= 0.6 is 0 Å². The van der Waals surface area contributed by atoms with Crippen LogP contribution in [0, 0.1) is 0 Å². The minimum Gasteiger partial charge on any atom is -0.480 e. The normalized spacial score (nSPS) is 12.6. The van der Waals surface area contributed by atoms with Gasteiger partial charge in [0.1, 0.15) is 6.04 Å². The highest BCUT2D eigenvalue weighted by Gasteiger charge is 2.31. The summed E-state index contributed by atoms with van der Waals surface area (Å²) in [5.41, 5.74) is -1.23. The summed E-state index contributed by atoms with van der Waals surface area (Å²) in [6.45, 7) is 3.35. The van der Waals surface area contributed by atoms with Crippen LogP contribution in [0.2, 0.25) is 0 Å². The van der Waals surface area contributed by atoms with Crippen molar-refractivity contribution < 1.29 is 27.9 Å². The third-order valence-electron chi connectivity index (χ3n) is 2.46. The van der Waals surface area contributed by atoms with E-state index >= 15 is 0 Å². The van der Waals surface area contributed by atoms with Crippen LogP contribution in [0.1, 0.15) is 22.3 Å². The molecule has 0 saturated heterocycles. The van der Waals surface area contributed by atoms with Crippen LogP contribution in [0.15, 0.2) is 36.9 Å². The van der Waals surface area contributed by atoms with Gasteiger partial charge >= 0.3 is 12.1 Å². The summed E-state index contributed by atoms with van der Waals surface area (Å²) in [7, 11) is 0. The second-order valence-corrected chi connectivity index (χ2v) is 3.97. The summed E-state index contributed by atoms with van der Waals surface area (Å²) in [5.74, 6) is -2.17. The average molecular weight is 287 g/mol. The average Bonchev–Trinajstić information content (AvgIpc) is 2.37. The van der Waals surface area contributed by atoms with Gasteiger partial charge in [-0.2, -0.15) is 13.2 Å². The third-order valence-corrected chi connectivity index (χ3v) is 2.46. The summed E-state index contributed by atoms with van der Waals surface area (Å²) in [6.07, 6.45) is -3.30. The number of carboxylic acid groups (broad SMARTS) is 1. The fourth-order valence-corrected chi connectivity index (χ4v) is 1.47. The SMILES string of the molecule is C=CC[C@@H](NC(=O)c1cccc(C(F)(F)F)c1)C(=O)O. The largest absolute Gasteiger partial charge is 0.480 e. The molecule has 1 aromatic carbocycles. The molecule has 4 nitrogen and oxygen atoms in total. The molecule has 1 amide bonds. The Morgan fingerprint density at radius 2 is 2.05 bits per heavy atom. The van der Waals surface area contributed by atoms with E-state index in [1.165, 1.54) is 12.1 Å². The van der Waals surface area contributed by atoms with E-state index in [1.54, 1.807) is 0 Å². The lowest BCUT2D eigenvalue weighted by Gasteiger charge is -2.13. The number of halogens is 3. The number of alkyl halides is 3. The van der Waals surface area contributed by atoms with Gasteiger partial charge in [0.2, 0.25) is 0 Å². The second-order valence-electron chi connectivity index (χ2n) is 3.97. The fraction of sp³-hybridized carbons (Fsp3) is 0.231. The van der Waals surface area contributed by atoms with E-state index in [0.717, 1.165) is 12.1 Å². The zero-order valence-electron chi connectivity index (χ0n) is 10.3. The van der Waals surface area contributed by atoms with Crippen molar-refractivity contribution in [3.8, 4) is 0 Å². The van der Waals surface area contributed by atoms with Gasteiger partial charge in [0.05, 0.1) is 5.56 Å². The fourth-order valence-electron chi connectivity index (χ4n) is 1.47. The van der Waals surface area contributed by atoms with Crippen molar-refractivity contribution in [2.24, 2.45) is 0 Å². The highest BCUT2D eigenvalue weighted by Crippen LogP contribution is 2.29. The van der Waals surface area contributed by atoms with Gasteiger partial charge in [0.15, 0.2) is 0 Å². The van der Waals surface area contributed by atoms with Crippen molar-refractivity contribution in [2.45, 2.75) is 18.6 Å². The Morgan fingerprint density at radius 3 is 2.55 bits per heavy atom. The number of carbonyl (C=O) groups excluding carboxylic acids is 1. The standard InChI is InChI=1S/C13H12F3NO3/c1-2-4-10(12(19)20)17-11(18)8-5-3-6-9(7-8)13(14,15)16/h2-3,5-7,10H,1,4H2,(H,17,18)(H,19,20)/t10-/m1/s1. The third kappa shape index (κ3) is 4.11. The molecule has 2 N–H and O–H groups in total. The topological polar surface area (TPSA) is 66.4 Å². The Kier molecular flexibility index (Phi) is 4.90. The smallest absolute Gasteiger partial charge is 0.416 e. The van der Waals surface area contributed by atoms with Crippen LogP contribution in [-0.2, 0) is 11.0 Å². The minimum atomic E-state index is -4.57. The van der Waals surface area contributed by atoms with Gasteiger partial charge in [-0.1, -0.05) is 12.1 Å². The molecule has 1 atom stereocenters. The number of benzene rings is 1. The highest BCUT2D eigenvalue weighted by atomic mass is 19.4. The Hall–Kier alpha value is -2.31.